The summed E-state index contributed by atoms with van der Waals surface area (Å²) in [5, 5.41) is 5.20. The van der Waals surface area contributed by atoms with E-state index in [4.69, 9.17) is 0 Å². The summed E-state index contributed by atoms with van der Waals surface area (Å²) in [5.74, 6) is 0. The second-order valence-electron chi connectivity index (χ2n) is 10.1. The highest BCUT2D eigenvalue weighted by Gasteiger charge is 2.37. The molecule has 2 heterocycles. The van der Waals surface area contributed by atoms with Crippen LogP contribution in [0.15, 0.2) is 155 Å². The number of fused-ring (bicyclic) bond motifs is 5. The molecule has 1 aliphatic rings. The van der Waals surface area contributed by atoms with Crippen LogP contribution in [0, 0.1) is 0 Å². The van der Waals surface area contributed by atoms with Gasteiger partial charge in [-0.3, -0.25) is 0 Å². The van der Waals surface area contributed by atoms with E-state index in [1.165, 1.54) is 21.8 Å². The maximum absolute atomic E-state index is 15.0. The average Bonchev–Trinajstić information content (AvgIpc) is 3.35. The Bertz CT molecular complexity index is 2110. The lowest BCUT2D eigenvalue weighted by molar-refractivity contribution is 0.591. The zero-order chi connectivity index (χ0) is 26.7. The highest BCUT2D eigenvalue weighted by Crippen LogP contribution is 2.52. The average molecular weight is 550 g/mol. The third-order valence-electron chi connectivity index (χ3n) is 7.86. The van der Waals surface area contributed by atoms with Crippen LogP contribution >= 0.6 is 18.9 Å². The first-order chi connectivity index (χ1) is 19.7. The van der Waals surface area contributed by atoms with E-state index >= 15 is 0 Å². The summed E-state index contributed by atoms with van der Waals surface area (Å²) in [7, 11) is -2.98. The molecule has 0 radical (unpaired) electrons. The van der Waals surface area contributed by atoms with E-state index in [0.717, 1.165) is 42.5 Å². The molecule has 0 fully saturated rings. The summed E-state index contributed by atoms with van der Waals surface area (Å²) in [6, 6.07) is 50.4. The number of hydrogen-bond acceptors (Lipinski definition) is 2. The quantitative estimate of drug-likeness (QED) is 0.206. The molecule has 0 bridgehead atoms. The van der Waals surface area contributed by atoms with E-state index in [1.54, 1.807) is 11.8 Å². The number of benzene rings is 6. The van der Waals surface area contributed by atoms with Crippen LogP contribution in [0.5, 0.6) is 0 Å². The van der Waals surface area contributed by atoms with E-state index in [-0.39, 0.29) is 0 Å². The molecule has 0 saturated heterocycles. The lowest BCUT2D eigenvalue weighted by atomic mass is 10.0. The first kappa shape index (κ1) is 23.6. The summed E-state index contributed by atoms with van der Waals surface area (Å²) in [4.78, 5) is 2.14. The first-order valence-corrected chi connectivity index (χ1v) is 15.9. The summed E-state index contributed by atoms with van der Waals surface area (Å²) in [5.41, 5.74) is 5.82. The predicted octanol–water partition coefficient (Wildman–Crippen LogP) is 8.55. The van der Waals surface area contributed by atoms with Gasteiger partial charge in [0.1, 0.15) is 0 Å². The molecular weight excluding hydrogens is 525 g/mol. The molecule has 0 N–H and O–H groups in total. The fourth-order valence-electron chi connectivity index (χ4n) is 6.01. The fourth-order valence-corrected chi connectivity index (χ4v) is 10.7. The molecule has 8 rings (SSSR count). The number of nitrogens with zero attached hydrogens (tertiary/aromatic N) is 1. The highest BCUT2D eigenvalue weighted by molar-refractivity contribution is 8.02. The van der Waals surface area contributed by atoms with E-state index in [9.17, 15) is 4.57 Å². The molecule has 1 aromatic heterocycles. The van der Waals surface area contributed by atoms with Gasteiger partial charge in [0.15, 0.2) is 7.14 Å². The minimum absolute atomic E-state index is 0.881. The molecule has 40 heavy (non-hydrogen) atoms. The van der Waals surface area contributed by atoms with Crippen molar-refractivity contribution in [1.82, 2.24) is 4.57 Å². The minimum Gasteiger partial charge on any atom is -0.309 e. The van der Waals surface area contributed by atoms with Crippen molar-refractivity contribution < 1.29 is 4.57 Å². The second kappa shape index (κ2) is 9.13. The van der Waals surface area contributed by atoms with Gasteiger partial charge in [0.05, 0.1) is 11.0 Å². The van der Waals surface area contributed by atoms with Crippen LogP contribution in [-0.2, 0) is 4.57 Å². The molecule has 0 spiro atoms. The second-order valence-corrected chi connectivity index (χ2v) is 13.9. The molecule has 2 nitrogen and oxygen atoms in total. The third-order valence-corrected chi connectivity index (χ3v) is 12.5. The van der Waals surface area contributed by atoms with Crippen molar-refractivity contribution >= 4 is 56.6 Å². The van der Waals surface area contributed by atoms with E-state index in [0.29, 0.717) is 0 Å². The largest absolute Gasteiger partial charge is 0.309 e. The Kier molecular flexibility index (Phi) is 5.38. The molecule has 1 atom stereocenters. The van der Waals surface area contributed by atoms with Crippen LogP contribution in [-0.4, -0.2) is 4.57 Å². The van der Waals surface area contributed by atoms with Gasteiger partial charge in [-0.15, -0.1) is 0 Å². The normalized spacial score (nSPS) is 16.1. The number of hydrogen-bond donors (Lipinski definition) is 0. The van der Waals surface area contributed by atoms with Gasteiger partial charge >= 0.3 is 0 Å². The highest BCUT2D eigenvalue weighted by atomic mass is 32.2. The summed E-state index contributed by atoms with van der Waals surface area (Å²) in [6.45, 7) is 0. The van der Waals surface area contributed by atoms with E-state index in [1.807, 2.05) is 48.5 Å². The van der Waals surface area contributed by atoms with Crippen molar-refractivity contribution in [2.45, 2.75) is 9.79 Å². The Balaban J connectivity index is 1.31. The number of aromatic nitrogens is 1. The molecule has 0 amide bonds. The Morgan fingerprint density at radius 1 is 0.500 bits per heavy atom. The van der Waals surface area contributed by atoms with Crippen molar-refractivity contribution in [1.29, 1.82) is 0 Å². The Labute approximate surface area is 237 Å². The summed E-state index contributed by atoms with van der Waals surface area (Å²) < 4.78 is 17.3. The molecule has 6 aromatic carbocycles. The van der Waals surface area contributed by atoms with Gasteiger partial charge in [-0.25, -0.2) is 0 Å². The van der Waals surface area contributed by atoms with Gasteiger partial charge in [0.2, 0.25) is 0 Å². The monoisotopic (exact) mass is 549 g/mol. The Morgan fingerprint density at radius 2 is 1.12 bits per heavy atom. The molecule has 7 aromatic rings. The third kappa shape index (κ3) is 3.48. The predicted molar refractivity (Wildman–Crippen MR) is 170 cm³/mol. The van der Waals surface area contributed by atoms with Gasteiger partial charge < -0.3 is 9.13 Å². The number of rotatable bonds is 3. The molecule has 1 aliphatic heterocycles. The first-order valence-electron chi connectivity index (χ1n) is 13.4. The maximum Gasteiger partial charge on any atom is 0.173 e. The zero-order valence-corrected chi connectivity index (χ0v) is 23.3. The summed E-state index contributed by atoms with van der Waals surface area (Å²) >= 11 is 1.72. The smallest absolute Gasteiger partial charge is 0.173 e. The molecular formula is C36H24NOPS. The molecule has 0 aliphatic carbocycles. The molecule has 4 heteroatoms. The van der Waals surface area contributed by atoms with Gasteiger partial charge in [-0.05, 0) is 65.7 Å². The Hall–Kier alpha value is -4.30. The lowest BCUT2D eigenvalue weighted by Gasteiger charge is -2.29. The van der Waals surface area contributed by atoms with Crippen molar-refractivity contribution in [2.75, 3.05) is 0 Å². The minimum atomic E-state index is -2.98. The van der Waals surface area contributed by atoms with Gasteiger partial charge in [0.25, 0.3) is 0 Å². The van der Waals surface area contributed by atoms with Crippen LogP contribution in [0.3, 0.4) is 0 Å². The van der Waals surface area contributed by atoms with Crippen LogP contribution in [0.1, 0.15) is 0 Å². The van der Waals surface area contributed by atoms with Crippen LogP contribution in [0.2, 0.25) is 0 Å². The van der Waals surface area contributed by atoms with Crippen molar-refractivity contribution in [3.05, 3.63) is 146 Å². The fraction of sp³-hybridized carbons (Fsp3) is 0. The van der Waals surface area contributed by atoms with Gasteiger partial charge in [0, 0.05) is 42.2 Å². The zero-order valence-electron chi connectivity index (χ0n) is 21.6. The number of para-hydroxylation sites is 2. The molecule has 0 saturated carbocycles. The summed E-state index contributed by atoms with van der Waals surface area (Å²) in [6.07, 6.45) is 0. The Morgan fingerprint density at radius 3 is 1.98 bits per heavy atom. The van der Waals surface area contributed by atoms with Crippen LogP contribution in [0.4, 0.5) is 0 Å². The van der Waals surface area contributed by atoms with Gasteiger partial charge in [-0.2, -0.15) is 0 Å². The SMILES string of the molecule is O=P1(c2ccccc2)c2ccccc2Sc2cc(-c3ccc4c(c3)c3ccccc3n4-c3ccccc3)ccc21. The van der Waals surface area contributed by atoms with Crippen LogP contribution < -0.4 is 15.9 Å². The molecule has 190 valence electrons. The maximum atomic E-state index is 15.0. The van der Waals surface area contributed by atoms with E-state index in [2.05, 4.69) is 102 Å². The lowest BCUT2D eigenvalue weighted by Crippen LogP contribution is -2.30. The van der Waals surface area contributed by atoms with Gasteiger partial charge in [-0.1, -0.05) is 103 Å². The van der Waals surface area contributed by atoms with Crippen LogP contribution in [0.25, 0.3) is 38.6 Å². The van der Waals surface area contributed by atoms with Crippen molar-refractivity contribution in [3.63, 3.8) is 0 Å². The van der Waals surface area contributed by atoms with Crippen molar-refractivity contribution in [3.8, 4) is 16.8 Å². The standard InChI is InChI=1S/C36H24NOPS/c38-39(28-13-5-2-6-14-28)33-17-9-10-18-35(33)40-36-24-26(20-22-34(36)39)25-19-21-32-30(23-25)29-15-7-8-16-31(29)37(32)27-11-3-1-4-12-27/h1-24H. The van der Waals surface area contributed by atoms with Crippen molar-refractivity contribution in [2.24, 2.45) is 0 Å². The molecule has 1 unspecified atom stereocenters. The topological polar surface area (TPSA) is 22.0 Å². The van der Waals surface area contributed by atoms with E-state index < -0.39 is 7.14 Å².